The molecule has 0 radical (unpaired) electrons. The predicted molar refractivity (Wildman–Crippen MR) is 116 cm³/mol. The van der Waals surface area contributed by atoms with Crippen molar-refractivity contribution in [3.8, 4) is 0 Å². The lowest BCUT2D eigenvalue weighted by Gasteiger charge is -2.41. The Balaban J connectivity index is 1.35. The third-order valence-electron chi connectivity index (χ3n) is 6.54. The van der Waals surface area contributed by atoms with Crippen LogP contribution >= 0.6 is 0 Å². The van der Waals surface area contributed by atoms with E-state index in [0.717, 1.165) is 18.5 Å². The first kappa shape index (κ1) is 22.3. The number of hydrogen-bond acceptors (Lipinski definition) is 7. The molecule has 10 heteroatoms. The molecule has 3 fully saturated rings. The van der Waals surface area contributed by atoms with Crippen molar-refractivity contribution in [2.45, 2.75) is 31.4 Å². The summed E-state index contributed by atoms with van der Waals surface area (Å²) in [7, 11) is 0. The van der Waals surface area contributed by atoms with E-state index in [1.54, 1.807) is 15.3 Å². The standard InChI is InChI=1S/C22H31N5O5/c28-20(24-31)18-14-17(32-22(30)27-8-4-5-9-27)15-23-19(18)21(29)26-12-10-25(11-13-26)16-6-2-1-3-7-16/h1-3,6-7,17-19,23,31H,4-5,8-15H2,(H,24,28). The van der Waals surface area contributed by atoms with Crippen molar-refractivity contribution in [3.05, 3.63) is 30.3 Å². The number of nitrogens with one attached hydrogen (secondary N) is 2. The van der Waals surface area contributed by atoms with E-state index in [9.17, 15) is 19.6 Å². The Hall–Kier alpha value is -2.85. The van der Waals surface area contributed by atoms with Crippen molar-refractivity contribution in [2.24, 2.45) is 5.92 Å². The maximum atomic E-state index is 13.2. The summed E-state index contributed by atoms with van der Waals surface area (Å²) >= 11 is 0. The number of nitrogens with zero attached hydrogens (tertiary/aromatic N) is 3. The summed E-state index contributed by atoms with van der Waals surface area (Å²) in [5.41, 5.74) is 2.79. The summed E-state index contributed by atoms with van der Waals surface area (Å²) in [5, 5.41) is 12.3. The van der Waals surface area contributed by atoms with Crippen molar-refractivity contribution < 1.29 is 24.3 Å². The molecular weight excluding hydrogens is 414 g/mol. The average Bonchev–Trinajstić information content (AvgIpc) is 3.39. The fraction of sp³-hybridized carbons (Fsp3) is 0.591. The molecule has 0 saturated carbocycles. The number of ether oxygens (including phenoxy) is 1. The molecule has 32 heavy (non-hydrogen) atoms. The number of likely N-dealkylation sites (tertiary alicyclic amines) is 1. The molecule has 0 bridgehead atoms. The molecule has 1 aromatic carbocycles. The molecule has 174 valence electrons. The molecule has 4 rings (SSSR count). The van der Waals surface area contributed by atoms with Gasteiger partial charge in [-0.15, -0.1) is 0 Å². The number of anilines is 1. The maximum absolute atomic E-state index is 13.2. The van der Waals surface area contributed by atoms with Crippen molar-refractivity contribution in [1.82, 2.24) is 20.6 Å². The predicted octanol–water partition coefficient (Wildman–Crippen LogP) is 0.420. The SMILES string of the molecule is O=C(NO)C1CC(OC(=O)N2CCCC2)CNC1C(=O)N1CCN(c2ccccc2)CC1. The molecule has 3 heterocycles. The molecule has 10 nitrogen and oxygen atoms in total. The van der Waals surface area contributed by atoms with Crippen LogP contribution in [0, 0.1) is 5.92 Å². The first-order valence-electron chi connectivity index (χ1n) is 11.3. The van der Waals surface area contributed by atoms with Gasteiger partial charge in [-0.3, -0.25) is 14.8 Å². The van der Waals surface area contributed by atoms with E-state index in [1.807, 2.05) is 30.3 Å². The van der Waals surface area contributed by atoms with Crippen LogP contribution in [-0.2, 0) is 14.3 Å². The second-order valence-electron chi connectivity index (χ2n) is 8.55. The number of hydrogen-bond donors (Lipinski definition) is 3. The zero-order valence-electron chi connectivity index (χ0n) is 18.1. The van der Waals surface area contributed by atoms with Crippen molar-refractivity contribution in [3.63, 3.8) is 0 Å². The van der Waals surface area contributed by atoms with Gasteiger partial charge in [0.15, 0.2) is 0 Å². The van der Waals surface area contributed by atoms with Crippen LogP contribution in [0.25, 0.3) is 0 Å². The van der Waals surface area contributed by atoms with E-state index in [4.69, 9.17) is 4.74 Å². The first-order chi connectivity index (χ1) is 15.6. The van der Waals surface area contributed by atoms with Gasteiger partial charge in [0.1, 0.15) is 6.10 Å². The maximum Gasteiger partial charge on any atom is 0.410 e. The molecule has 0 aliphatic carbocycles. The van der Waals surface area contributed by atoms with Gasteiger partial charge >= 0.3 is 6.09 Å². The highest BCUT2D eigenvalue weighted by atomic mass is 16.6. The number of rotatable bonds is 4. The number of piperidine rings is 1. The van der Waals surface area contributed by atoms with Crippen LogP contribution in [0.3, 0.4) is 0 Å². The summed E-state index contributed by atoms with van der Waals surface area (Å²) in [6, 6.07) is 9.28. The van der Waals surface area contributed by atoms with Crippen molar-refractivity contribution >= 4 is 23.6 Å². The normalized spacial score (nSPS) is 26.0. The lowest BCUT2D eigenvalue weighted by atomic mass is 9.87. The van der Waals surface area contributed by atoms with E-state index in [1.165, 1.54) is 0 Å². The fourth-order valence-electron chi connectivity index (χ4n) is 4.73. The van der Waals surface area contributed by atoms with Crippen LogP contribution in [0.5, 0.6) is 0 Å². The molecule has 3 aliphatic rings. The number of carbonyl (C=O) groups excluding carboxylic acids is 3. The van der Waals surface area contributed by atoms with Gasteiger partial charge in [0.05, 0.1) is 12.0 Å². The highest BCUT2D eigenvalue weighted by Gasteiger charge is 2.42. The zero-order chi connectivity index (χ0) is 22.5. The van der Waals surface area contributed by atoms with E-state index < -0.39 is 24.0 Å². The Morgan fingerprint density at radius 1 is 0.969 bits per heavy atom. The van der Waals surface area contributed by atoms with Gasteiger partial charge in [-0.2, -0.15) is 0 Å². The van der Waals surface area contributed by atoms with Gasteiger partial charge in [-0.25, -0.2) is 10.3 Å². The Morgan fingerprint density at radius 2 is 1.66 bits per heavy atom. The van der Waals surface area contributed by atoms with Gasteiger partial charge in [-0.1, -0.05) is 18.2 Å². The topological polar surface area (TPSA) is 114 Å². The lowest BCUT2D eigenvalue weighted by molar-refractivity contribution is -0.145. The monoisotopic (exact) mass is 445 g/mol. The van der Waals surface area contributed by atoms with E-state index in [0.29, 0.717) is 39.3 Å². The van der Waals surface area contributed by atoms with Gasteiger partial charge in [0.25, 0.3) is 0 Å². The average molecular weight is 446 g/mol. The molecule has 3 atom stereocenters. The number of benzene rings is 1. The van der Waals surface area contributed by atoms with E-state index >= 15 is 0 Å². The number of para-hydroxylation sites is 1. The fourth-order valence-corrected chi connectivity index (χ4v) is 4.73. The van der Waals surface area contributed by atoms with Crippen LogP contribution in [0.15, 0.2) is 30.3 Å². The number of carbonyl (C=O) groups is 3. The molecule has 0 aromatic heterocycles. The Labute approximate surface area is 187 Å². The minimum Gasteiger partial charge on any atom is -0.445 e. The smallest absolute Gasteiger partial charge is 0.410 e. The molecule has 3 N–H and O–H groups in total. The van der Waals surface area contributed by atoms with Crippen LogP contribution < -0.4 is 15.7 Å². The zero-order valence-corrected chi connectivity index (χ0v) is 18.1. The second-order valence-corrected chi connectivity index (χ2v) is 8.55. The van der Waals surface area contributed by atoms with Crippen LogP contribution in [0.4, 0.5) is 10.5 Å². The summed E-state index contributed by atoms with van der Waals surface area (Å²) in [6.07, 6.45) is 1.17. The van der Waals surface area contributed by atoms with Crippen molar-refractivity contribution in [2.75, 3.05) is 50.7 Å². The van der Waals surface area contributed by atoms with Crippen LogP contribution in [0.1, 0.15) is 19.3 Å². The van der Waals surface area contributed by atoms with Gasteiger partial charge in [0.2, 0.25) is 11.8 Å². The third-order valence-corrected chi connectivity index (χ3v) is 6.54. The Morgan fingerprint density at radius 3 is 2.31 bits per heavy atom. The number of hydroxylamine groups is 1. The minimum atomic E-state index is -0.829. The van der Waals surface area contributed by atoms with Crippen molar-refractivity contribution in [1.29, 1.82) is 0 Å². The largest absolute Gasteiger partial charge is 0.445 e. The highest BCUT2D eigenvalue weighted by molar-refractivity contribution is 5.90. The van der Waals surface area contributed by atoms with Gasteiger partial charge < -0.3 is 24.8 Å². The minimum absolute atomic E-state index is 0.171. The van der Waals surface area contributed by atoms with E-state index in [2.05, 4.69) is 10.2 Å². The molecule has 3 unspecified atom stereocenters. The highest BCUT2D eigenvalue weighted by Crippen LogP contribution is 2.24. The molecule has 3 amide bonds. The summed E-state index contributed by atoms with van der Waals surface area (Å²) in [5.74, 6) is -1.65. The molecule has 3 aliphatic heterocycles. The number of piperazine rings is 1. The number of amides is 3. The lowest BCUT2D eigenvalue weighted by Crippen LogP contribution is -2.62. The third kappa shape index (κ3) is 4.97. The summed E-state index contributed by atoms with van der Waals surface area (Å²) in [6.45, 7) is 4.14. The second kappa shape index (κ2) is 10.2. The van der Waals surface area contributed by atoms with Gasteiger partial charge in [-0.05, 0) is 31.4 Å². The molecule has 0 spiro atoms. The molecule has 1 aromatic rings. The molecule has 3 saturated heterocycles. The van der Waals surface area contributed by atoms with E-state index in [-0.39, 0.29) is 25.0 Å². The summed E-state index contributed by atoms with van der Waals surface area (Å²) < 4.78 is 5.57. The molecular formula is C22H31N5O5. The van der Waals surface area contributed by atoms with Crippen LogP contribution in [-0.4, -0.2) is 90.9 Å². The first-order valence-corrected chi connectivity index (χ1v) is 11.3. The summed E-state index contributed by atoms with van der Waals surface area (Å²) in [4.78, 5) is 43.5. The Kier molecular flexibility index (Phi) is 7.11. The quantitative estimate of drug-likeness (QED) is 0.455. The van der Waals surface area contributed by atoms with Gasteiger partial charge in [0, 0.05) is 51.5 Å². The Bertz CT molecular complexity index is 808. The van der Waals surface area contributed by atoms with Crippen LogP contribution in [0.2, 0.25) is 0 Å².